The SMILES string of the molecule is Cn1nc(CC2=CC(Cl)CNC2)cc1Cl. The second-order valence-corrected chi connectivity index (χ2v) is 4.68. The number of alkyl halides is 1. The summed E-state index contributed by atoms with van der Waals surface area (Å²) in [7, 11) is 1.84. The van der Waals surface area contributed by atoms with Crippen LogP contribution in [0.25, 0.3) is 0 Å². The zero-order chi connectivity index (χ0) is 10.8. The first kappa shape index (κ1) is 11.0. The third kappa shape index (κ3) is 2.74. The van der Waals surface area contributed by atoms with Gasteiger partial charge in [0.1, 0.15) is 5.15 Å². The molecule has 2 rings (SSSR count). The molecule has 0 fully saturated rings. The summed E-state index contributed by atoms with van der Waals surface area (Å²) in [6.07, 6.45) is 2.91. The van der Waals surface area contributed by atoms with Gasteiger partial charge in [-0.1, -0.05) is 23.3 Å². The standard InChI is InChI=1S/C10H13Cl2N3/c1-15-10(12)4-9(14-15)3-7-2-8(11)6-13-5-7/h2,4,8,13H,3,5-6H2,1H3. The Labute approximate surface area is 99.1 Å². The van der Waals surface area contributed by atoms with Gasteiger partial charge in [0.2, 0.25) is 0 Å². The van der Waals surface area contributed by atoms with Gasteiger partial charge in [0.25, 0.3) is 0 Å². The molecule has 0 bridgehead atoms. The monoisotopic (exact) mass is 245 g/mol. The summed E-state index contributed by atoms with van der Waals surface area (Å²) in [5, 5.41) is 8.32. The highest BCUT2D eigenvalue weighted by atomic mass is 35.5. The number of nitrogens with zero attached hydrogens (tertiary/aromatic N) is 2. The summed E-state index contributed by atoms with van der Waals surface area (Å²) in [4.78, 5) is 0. The van der Waals surface area contributed by atoms with E-state index in [-0.39, 0.29) is 5.38 Å². The number of halogens is 2. The van der Waals surface area contributed by atoms with E-state index in [0.29, 0.717) is 5.15 Å². The summed E-state index contributed by atoms with van der Waals surface area (Å²) in [5.41, 5.74) is 2.26. The zero-order valence-electron chi connectivity index (χ0n) is 8.50. The molecule has 82 valence electrons. The second kappa shape index (κ2) is 4.56. The lowest BCUT2D eigenvalue weighted by Crippen LogP contribution is -2.30. The lowest BCUT2D eigenvalue weighted by atomic mass is 10.1. The predicted molar refractivity (Wildman–Crippen MR) is 62.5 cm³/mol. The van der Waals surface area contributed by atoms with Gasteiger partial charge in [-0.05, 0) is 6.07 Å². The van der Waals surface area contributed by atoms with Gasteiger partial charge < -0.3 is 5.32 Å². The molecule has 3 nitrogen and oxygen atoms in total. The fourth-order valence-corrected chi connectivity index (χ4v) is 2.14. The van der Waals surface area contributed by atoms with Crippen molar-refractivity contribution in [1.82, 2.24) is 15.1 Å². The van der Waals surface area contributed by atoms with E-state index in [1.807, 2.05) is 13.1 Å². The van der Waals surface area contributed by atoms with E-state index in [2.05, 4.69) is 16.5 Å². The predicted octanol–water partition coefficient (Wildman–Crippen LogP) is 1.75. The van der Waals surface area contributed by atoms with Gasteiger partial charge in [-0.15, -0.1) is 11.6 Å². The Hall–Kier alpha value is -0.510. The quantitative estimate of drug-likeness (QED) is 0.636. The molecule has 0 aromatic carbocycles. The maximum absolute atomic E-state index is 6.02. The van der Waals surface area contributed by atoms with Crippen molar-refractivity contribution in [3.63, 3.8) is 0 Å². The molecule has 0 aliphatic carbocycles. The van der Waals surface area contributed by atoms with Crippen LogP contribution in [-0.2, 0) is 13.5 Å². The molecule has 1 N–H and O–H groups in total. The normalized spacial score (nSPS) is 21.5. The van der Waals surface area contributed by atoms with E-state index >= 15 is 0 Å². The summed E-state index contributed by atoms with van der Waals surface area (Å²) >= 11 is 11.9. The van der Waals surface area contributed by atoms with Crippen LogP contribution in [0, 0.1) is 0 Å². The number of hydrogen-bond donors (Lipinski definition) is 1. The van der Waals surface area contributed by atoms with Crippen molar-refractivity contribution in [2.24, 2.45) is 7.05 Å². The number of hydrogen-bond acceptors (Lipinski definition) is 2. The van der Waals surface area contributed by atoms with Crippen LogP contribution in [0.2, 0.25) is 5.15 Å². The van der Waals surface area contributed by atoms with Crippen molar-refractivity contribution >= 4 is 23.2 Å². The first-order valence-corrected chi connectivity index (χ1v) is 5.69. The van der Waals surface area contributed by atoms with Crippen LogP contribution < -0.4 is 5.32 Å². The van der Waals surface area contributed by atoms with Crippen molar-refractivity contribution < 1.29 is 0 Å². The van der Waals surface area contributed by atoms with Crippen LogP contribution >= 0.6 is 23.2 Å². The number of aryl methyl sites for hydroxylation is 1. The molecular formula is C10H13Cl2N3. The highest BCUT2D eigenvalue weighted by Gasteiger charge is 2.12. The van der Waals surface area contributed by atoms with Crippen LogP contribution in [-0.4, -0.2) is 28.2 Å². The van der Waals surface area contributed by atoms with E-state index < -0.39 is 0 Å². The summed E-state index contributed by atoms with van der Waals surface area (Å²) < 4.78 is 1.67. The molecule has 1 atom stereocenters. The molecule has 5 heteroatoms. The second-order valence-electron chi connectivity index (χ2n) is 3.73. The highest BCUT2D eigenvalue weighted by Crippen LogP contribution is 2.15. The van der Waals surface area contributed by atoms with E-state index in [1.165, 1.54) is 5.57 Å². The van der Waals surface area contributed by atoms with E-state index in [1.54, 1.807) is 4.68 Å². The van der Waals surface area contributed by atoms with Crippen molar-refractivity contribution in [2.75, 3.05) is 13.1 Å². The smallest absolute Gasteiger partial charge is 0.126 e. The van der Waals surface area contributed by atoms with Crippen molar-refractivity contribution in [3.05, 3.63) is 28.6 Å². The molecule has 1 aliphatic rings. The van der Waals surface area contributed by atoms with Gasteiger partial charge >= 0.3 is 0 Å². The van der Waals surface area contributed by atoms with Gasteiger partial charge in [-0.2, -0.15) is 5.10 Å². The Morgan fingerprint density at radius 3 is 3.07 bits per heavy atom. The maximum Gasteiger partial charge on any atom is 0.126 e. The largest absolute Gasteiger partial charge is 0.311 e. The molecular weight excluding hydrogens is 233 g/mol. The van der Waals surface area contributed by atoms with Crippen molar-refractivity contribution in [2.45, 2.75) is 11.8 Å². The number of rotatable bonds is 2. The maximum atomic E-state index is 6.02. The van der Waals surface area contributed by atoms with Gasteiger partial charge in [-0.25, -0.2) is 0 Å². The van der Waals surface area contributed by atoms with E-state index in [4.69, 9.17) is 23.2 Å². The first-order valence-electron chi connectivity index (χ1n) is 4.88. The minimum absolute atomic E-state index is 0.0907. The fourth-order valence-electron chi connectivity index (χ4n) is 1.68. The van der Waals surface area contributed by atoms with E-state index in [9.17, 15) is 0 Å². The van der Waals surface area contributed by atoms with E-state index in [0.717, 1.165) is 25.2 Å². The van der Waals surface area contributed by atoms with Crippen LogP contribution in [0.5, 0.6) is 0 Å². The molecule has 0 amide bonds. The Bertz CT molecular complexity index is 365. The minimum Gasteiger partial charge on any atom is -0.311 e. The van der Waals surface area contributed by atoms with Crippen LogP contribution in [0.1, 0.15) is 5.69 Å². The Kier molecular flexibility index (Phi) is 3.34. The van der Waals surface area contributed by atoms with Crippen LogP contribution in [0.15, 0.2) is 17.7 Å². The zero-order valence-corrected chi connectivity index (χ0v) is 10.0. The molecule has 0 saturated carbocycles. The summed E-state index contributed by atoms with van der Waals surface area (Å²) in [5.74, 6) is 0. The minimum atomic E-state index is 0.0907. The van der Waals surface area contributed by atoms with Crippen molar-refractivity contribution in [1.29, 1.82) is 0 Å². The third-order valence-corrected chi connectivity index (χ3v) is 3.02. The van der Waals surface area contributed by atoms with Crippen LogP contribution in [0.3, 0.4) is 0 Å². The molecule has 1 aromatic heterocycles. The van der Waals surface area contributed by atoms with Gasteiger partial charge in [-0.3, -0.25) is 4.68 Å². The van der Waals surface area contributed by atoms with Crippen molar-refractivity contribution in [3.8, 4) is 0 Å². The average molecular weight is 246 g/mol. The molecule has 2 heterocycles. The first-order chi connectivity index (χ1) is 7.15. The molecule has 0 radical (unpaired) electrons. The molecule has 1 aromatic rings. The lowest BCUT2D eigenvalue weighted by Gasteiger charge is -2.17. The number of aromatic nitrogens is 2. The van der Waals surface area contributed by atoms with Gasteiger partial charge in [0, 0.05) is 26.6 Å². The Morgan fingerprint density at radius 1 is 1.67 bits per heavy atom. The lowest BCUT2D eigenvalue weighted by molar-refractivity contribution is 0.685. The molecule has 15 heavy (non-hydrogen) atoms. The molecule has 1 aliphatic heterocycles. The highest BCUT2D eigenvalue weighted by molar-refractivity contribution is 6.29. The molecule has 0 saturated heterocycles. The Balaban J connectivity index is 2.08. The topological polar surface area (TPSA) is 29.9 Å². The Morgan fingerprint density at radius 2 is 2.47 bits per heavy atom. The van der Waals surface area contributed by atoms with Gasteiger partial charge in [0.15, 0.2) is 0 Å². The summed E-state index contributed by atoms with van der Waals surface area (Å²) in [6.45, 7) is 1.73. The molecule has 1 unspecified atom stereocenters. The summed E-state index contributed by atoms with van der Waals surface area (Å²) in [6, 6.07) is 1.89. The molecule has 0 spiro atoms. The average Bonchev–Trinajstić information content (AvgIpc) is 2.45. The van der Waals surface area contributed by atoms with Crippen LogP contribution in [0.4, 0.5) is 0 Å². The fraction of sp³-hybridized carbons (Fsp3) is 0.500. The third-order valence-electron chi connectivity index (χ3n) is 2.39. The van der Waals surface area contributed by atoms with Gasteiger partial charge in [0.05, 0.1) is 11.1 Å². The number of nitrogens with one attached hydrogen (secondary N) is 1.